The summed E-state index contributed by atoms with van der Waals surface area (Å²) in [5.74, 6) is 0. The molecule has 0 radical (unpaired) electrons. The first kappa shape index (κ1) is 16.5. The molecule has 0 aromatic heterocycles. The lowest BCUT2D eigenvalue weighted by Gasteiger charge is -2.19. The highest BCUT2D eigenvalue weighted by atomic mass is 35.5. The average Bonchev–Trinajstić information content (AvgIpc) is 2.56. The zero-order chi connectivity index (χ0) is 17.3. The van der Waals surface area contributed by atoms with Gasteiger partial charge in [0.2, 0.25) is 0 Å². The third-order valence-electron chi connectivity index (χ3n) is 4.12. The molecular formula is C20H22ClN3. The first-order chi connectivity index (χ1) is 11.5. The Kier molecular flexibility index (Phi) is 4.54. The van der Waals surface area contributed by atoms with Crippen LogP contribution in [0.25, 0.3) is 10.8 Å². The minimum Gasteiger partial charge on any atom is -0.378 e. The van der Waals surface area contributed by atoms with Gasteiger partial charge >= 0.3 is 0 Å². The van der Waals surface area contributed by atoms with Gasteiger partial charge in [-0.05, 0) is 30.3 Å². The van der Waals surface area contributed by atoms with Gasteiger partial charge in [0.05, 0.1) is 10.7 Å². The van der Waals surface area contributed by atoms with Crippen LogP contribution < -0.4 is 15.1 Å². The molecule has 4 heteroatoms. The van der Waals surface area contributed by atoms with E-state index in [4.69, 9.17) is 11.6 Å². The van der Waals surface area contributed by atoms with Gasteiger partial charge in [0, 0.05) is 56.0 Å². The molecule has 0 fully saturated rings. The van der Waals surface area contributed by atoms with Gasteiger partial charge in [-0.3, -0.25) is 0 Å². The number of halogens is 1. The maximum Gasteiger partial charge on any atom is 0.0661 e. The van der Waals surface area contributed by atoms with E-state index in [-0.39, 0.29) is 0 Å². The van der Waals surface area contributed by atoms with Crippen molar-refractivity contribution in [3.63, 3.8) is 0 Å². The third kappa shape index (κ3) is 3.13. The molecule has 0 amide bonds. The summed E-state index contributed by atoms with van der Waals surface area (Å²) in [6.45, 7) is 0. The van der Waals surface area contributed by atoms with Crippen LogP contribution >= 0.6 is 11.6 Å². The quantitative estimate of drug-likeness (QED) is 0.689. The Morgan fingerprint density at radius 2 is 1.42 bits per heavy atom. The fraction of sp³-hybridized carbons (Fsp3) is 0.200. The molecule has 0 atom stereocenters. The smallest absolute Gasteiger partial charge is 0.0661 e. The monoisotopic (exact) mass is 339 g/mol. The molecule has 0 heterocycles. The van der Waals surface area contributed by atoms with E-state index in [1.807, 2.05) is 31.1 Å². The summed E-state index contributed by atoms with van der Waals surface area (Å²) in [6.07, 6.45) is 0. The molecule has 3 aromatic rings. The maximum absolute atomic E-state index is 6.46. The number of fused-ring (bicyclic) bond motifs is 1. The van der Waals surface area contributed by atoms with E-state index in [2.05, 4.69) is 66.8 Å². The van der Waals surface area contributed by atoms with Crippen molar-refractivity contribution < 1.29 is 0 Å². The molecule has 0 saturated heterocycles. The minimum absolute atomic E-state index is 0.710. The van der Waals surface area contributed by atoms with E-state index < -0.39 is 0 Å². The Morgan fingerprint density at radius 1 is 0.750 bits per heavy atom. The number of hydrogen-bond acceptors (Lipinski definition) is 3. The molecule has 0 saturated carbocycles. The number of benzene rings is 3. The van der Waals surface area contributed by atoms with Crippen molar-refractivity contribution in [3.05, 3.63) is 59.6 Å². The molecule has 1 N–H and O–H groups in total. The van der Waals surface area contributed by atoms with E-state index in [9.17, 15) is 0 Å². The second-order valence-electron chi connectivity index (χ2n) is 6.26. The fourth-order valence-electron chi connectivity index (χ4n) is 2.81. The second-order valence-corrected chi connectivity index (χ2v) is 6.66. The number of rotatable bonds is 4. The Balaban J connectivity index is 2.04. The summed E-state index contributed by atoms with van der Waals surface area (Å²) in [4.78, 5) is 4.17. The third-order valence-corrected chi connectivity index (χ3v) is 4.43. The highest BCUT2D eigenvalue weighted by molar-refractivity contribution is 6.33. The first-order valence-electron chi connectivity index (χ1n) is 7.90. The lowest BCUT2D eigenvalue weighted by molar-refractivity contribution is 1.13. The topological polar surface area (TPSA) is 18.5 Å². The van der Waals surface area contributed by atoms with Crippen LogP contribution in [0.2, 0.25) is 5.02 Å². The number of anilines is 4. The Morgan fingerprint density at radius 3 is 2.04 bits per heavy atom. The summed E-state index contributed by atoms with van der Waals surface area (Å²) < 4.78 is 0. The molecular weight excluding hydrogens is 318 g/mol. The van der Waals surface area contributed by atoms with Crippen molar-refractivity contribution in [2.24, 2.45) is 0 Å². The van der Waals surface area contributed by atoms with Crippen LogP contribution in [-0.2, 0) is 0 Å². The zero-order valence-electron chi connectivity index (χ0n) is 14.5. The normalized spacial score (nSPS) is 10.7. The molecule has 0 aliphatic rings. The van der Waals surface area contributed by atoms with Crippen LogP contribution in [-0.4, -0.2) is 28.2 Å². The molecule has 0 bridgehead atoms. The largest absolute Gasteiger partial charge is 0.378 e. The van der Waals surface area contributed by atoms with Gasteiger partial charge in [-0.25, -0.2) is 0 Å². The van der Waals surface area contributed by atoms with E-state index >= 15 is 0 Å². The Labute approximate surface area is 148 Å². The molecule has 3 rings (SSSR count). The summed E-state index contributed by atoms with van der Waals surface area (Å²) >= 11 is 6.46. The van der Waals surface area contributed by atoms with Gasteiger partial charge in [-0.1, -0.05) is 35.9 Å². The standard InChI is InChI=1S/C20H22ClN3/c1-23(2)14-9-10-19(17(21)13-14)22-18-11-12-20(24(3)4)16-8-6-5-7-15(16)18/h5-13,22H,1-4H3. The first-order valence-corrected chi connectivity index (χ1v) is 8.28. The summed E-state index contributed by atoms with van der Waals surface area (Å²) in [5, 5.41) is 6.58. The van der Waals surface area contributed by atoms with Crippen LogP contribution in [0.15, 0.2) is 54.6 Å². The van der Waals surface area contributed by atoms with E-state index in [1.54, 1.807) is 0 Å². The van der Waals surface area contributed by atoms with Crippen LogP contribution in [0.1, 0.15) is 0 Å². The van der Waals surface area contributed by atoms with Crippen LogP contribution in [0, 0.1) is 0 Å². The number of nitrogens with one attached hydrogen (secondary N) is 1. The lowest BCUT2D eigenvalue weighted by Crippen LogP contribution is -2.09. The van der Waals surface area contributed by atoms with Crippen LogP contribution in [0.3, 0.4) is 0 Å². The summed E-state index contributed by atoms with van der Waals surface area (Å²) in [6, 6.07) is 18.7. The van der Waals surface area contributed by atoms with Gasteiger partial charge in [0.1, 0.15) is 0 Å². The molecule has 3 aromatic carbocycles. The fourth-order valence-corrected chi connectivity index (χ4v) is 3.03. The van der Waals surface area contributed by atoms with Gasteiger partial charge in [0.25, 0.3) is 0 Å². The van der Waals surface area contributed by atoms with Crippen molar-refractivity contribution in [2.45, 2.75) is 0 Å². The second kappa shape index (κ2) is 6.62. The predicted octanol–water partition coefficient (Wildman–Crippen LogP) is 5.37. The summed E-state index contributed by atoms with van der Waals surface area (Å²) in [5.41, 5.74) is 4.24. The Hall–Kier alpha value is -2.39. The molecule has 0 aliphatic heterocycles. The SMILES string of the molecule is CN(C)c1ccc(Nc2ccc(N(C)C)c3ccccc23)c(Cl)c1. The van der Waals surface area contributed by atoms with E-state index in [0.717, 1.165) is 17.1 Å². The highest BCUT2D eigenvalue weighted by Crippen LogP contribution is 2.35. The van der Waals surface area contributed by atoms with Crippen molar-refractivity contribution in [3.8, 4) is 0 Å². The minimum atomic E-state index is 0.710. The zero-order valence-corrected chi connectivity index (χ0v) is 15.2. The van der Waals surface area contributed by atoms with Gasteiger partial charge in [0.15, 0.2) is 0 Å². The van der Waals surface area contributed by atoms with Crippen LogP contribution in [0.4, 0.5) is 22.7 Å². The van der Waals surface area contributed by atoms with E-state index in [1.165, 1.54) is 16.5 Å². The molecule has 24 heavy (non-hydrogen) atoms. The van der Waals surface area contributed by atoms with Crippen molar-refractivity contribution >= 4 is 45.1 Å². The van der Waals surface area contributed by atoms with Gasteiger partial charge in [-0.15, -0.1) is 0 Å². The lowest BCUT2D eigenvalue weighted by atomic mass is 10.1. The van der Waals surface area contributed by atoms with Crippen molar-refractivity contribution in [1.29, 1.82) is 0 Å². The van der Waals surface area contributed by atoms with E-state index in [0.29, 0.717) is 5.02 Å². The molecule has 0 aliphatic carbocycles. The molecule has 0 spiro atoms. The Bertz CT molecular complexity index is 872. The summed E-state index contributed by atoms with van der Waals surface area (Å²) in [7, 11) is 8.13. The van der Waals surface area contributed by atoms with Crippen LogP contribution in [0.5, 0.6) is 0 Å². The van der Waals surface area contributed by atoms with Gasteiger partial charge in [-0.2, -0.15) is 0 Å². The molecule has 124 valence electrons. The maximum atomic E-state index is 6.46. The number of nitrogens with zero attached hydrogens (tertiary/aromatic N) is 2. The number of hydrogen-bond donors (Lipinski definition) is 1. The molecule has 0 unspecified atom stereocenters. The van der Waals surface area contributed by atoms with Crippen molar-refractivity contribution in [1.82, 2.24) is 0 Å². The predicted molar refractivity (Wildman–Crippen MR) is 107 cm³/mol. The van der Waals surface area contributed by atoms with Crippen molar-refractivity contribution in [2.75, 3.05) is 43.3 Å². The highest BCUT2D eigenvalue weighted by Gasteiger charge is 2.09. The van der Waals surface area contributed by atoms with Gasteiger partial charge < -0.3 is 15.1 Å². The average molecular weight is 340 g/mol. The molecule has 3 nitrogen and oxygen atoms in total.